The number of methoxy groups -OCH3 is 1. The van der Waals surface area contributed by atoms with Crippen molar-refractivity contribution in [1.82, 2.24) is 5.48 Å². The van der Waals surface area contributed by atoms with Crippen LogP contribution < -0.4 is 5.48 Å². The first kappa shape index (κ1) is 13.7. The summed E-state index contributed by atoms with van der Waals surface area (Å²) < 4.78 is 5.05. The van der Waals surface area contributed by atoms with Crippen LogP contribution in [0.5, 0.6) is 0 Å². The molecule has 0 aliphatic carbocycles. The largest absolute Gasteiger partial charge is 0.382 e. The SMILES string of the molecule is COC(C)CCC(=O)NOCc1ccccc1. The van der Waals surface area contributed by atoms with Crippen LogP contribution in [0.3, 0.4) is 0 Å². The van der Waals surface area contributed by atoms with E-state index in [1.54, 1.807) is 7.11 Å². The minimum Gasteiger partial charge on any atom is -0.382 e. The maximum absolute atomic E-state index is 11.4. The van der Waals surface area contributed by atoms with E-state index >= 15 is 0 Å². The maximum Gasteiger partial charge on any atom is 0.243 e. The molecule has 0 aliphatic heterocycles. The van der Waals surface area contributed by atoms with Gasteiger partial charge in [0.25, 0.3) is 0 Å². The number of ether oxygens (including phenoxy) is 1. The molecule has 0 radical (unpaired) electrons. The molecule has 1 amide bonds. The normalized spacial score (nSPS) is 12.1. The highest BCUT2D eigenvalue weighted by Crippen LogP contribution is 2.01. The summed E-state index contributed by atoms with van der Waals surface area (Å²) in [6.07, 6.45) is 1.19. The molecule has 0 heterocycles. The Labute approximate surface area is 102 Å². The van der Waals surface area contributed by atoms with Crippen LogP contribution in [0.2, 0.25) is 0 Å². The first-order valence-electron chi connectivity index (χ1n) is 5.69. The van der Waals surface area contributed by atoms with E-state index in [-0.39, 0.29) is 12.0 Å². The second kappa shape index (κ2) is 7.81. The fraction of sp³-hybridized carbons (Fsp3) is 0.462. The summed E-state index contributed by atoms with van der Waals surface area (Å²) in [6.45, 7) is 2.31. The van der Waals surface area contributed by atoms with Crippen molar-refractivity contribution in [3.8, 4) is 0 Å². The van der Waals surface area contributed by atoms with Crippen molar-refractivity contribution in [3.63, 3.8) is 0 Å². The molecule has 4 nitrogen and oxygen atoms in total. The molecule has 0 spiro atoms. The predicted molar refractivity (Wildman–Crippen MR) is 65.1 cm³/mol. The van der Waals surface area contributed by atoms with Crippen molar-refractivity contribution in [2.75, 3.05) is 7.11 Å². The zero-order valence-electron chi connectivity index (χ0n) is 10.3. The highest BCUT2D eigenvalue weighted by molar-refractivity contribution is 5.74. The lowest BCUT2D eigenvalue weighted by Gasteiger charge is -2.09. The number of amides is 1. The molecule has 1 rings (SSSR count). The second-order valence-electron chi connectivity index (χ2n) is 3.88. The van der Waals surface area contributed by atoms with Crippen molar-refractivity contribution in [3.05, 3.63) is 35.9 Å². The molecule has 4 heteroatoms. The summed E-state index contributed by atoms with van der Waals surface area (Å²) in [5.74, 6) is -0.121. The minimum atomic E-state index is -0.121. The second-order valence-corrected chi connectivity index (χ2v) is 3.88. The summed E-state index contributed by atoms with van der Waals surface area (Å²) in [4.78, 5) is 16.5. The van der Waals surface area contributed by atoms with Crippen LogP contribution in [0.4, 0.5) is 0 Å². The van der Waals surface area contributed by atoms with Crippen LogP contribution in [-0.2, 0) is 21.0 Å². The Kier molecular flexibility index (Phi) is 6.29. The van der Waals surface area contributed by atoms with Crippen molar-refractivity contribution in [2.45, 2.75) is 32.5 Å². The van der Waals surface area contributed by atoms with Gasteiger partial charge in [-0.2, -0.15) is 0 Å². The molecule has 0 aromatic heterocycles. The molecule has 17 heavy (non-hydrogen) atoms. The average Bonchev–Trinajstić information content (AvgIpc) is 2.37. The third-order valence-electron chi connectivity index (χ3n) is 2.45. The monoisotopic (exact) mass is 237 g/mol. The highest BCUT2D eigenvalue weighted by Gasteiger charge is 2.05. The molecule has 1 N–H and O–H groups in total. The molecular weight excluding hydrogens is 218 g/mol. The molecule has 1 aromatic carbocycles. The number of hydrogen-bond donors (Lipinski definition) is 1. The lowest BCUT2D eigenvalue weighted by molar-refractivity contribution is -0.135. The first-order chi connectivity index (χ1) is 8.22. The average molecular weight is 237 g/mol. The van der Waals surface area contributed by atoms with Crippen LogP contribution in [0.25, 0.3) is 0 Å². The van der Waals surface area contributed by atoms with Gasteiger partial charge < -0.3 is 4.74 Å². The lowest BCUT2D eigenvalue weighted by Crippen LogP contribution is -2.24. The van der Waals surface area contributed by atoms with Gasteiger partial charge in [0, 0.05) is 13.5 Å². The van der Waals surface area contributed by atoms with Gasteiger partial charge in [0.1, 0.15) is 0 Å². The van der Waals surface area contributed by atoms with Gasteiger partial charge >= 0.3 is 0 Å². The van der Waals surface area contributed by atoms with Crippen molar-refractivity contribution in [1.29, 1.82) is 0 Å². The molecule has 0 saturated carbocycles. The molecule has 1 aromatic rings. The Balaban J connectivity index is 2.12. The van der Waals surface area contributed by atoms with Gasteiger partial charge in [-0.25, -0.2) is 5.48 Å². The van der Waals surface area contributed by atoms with E-state index in [0.29, 0.717) is 19.4 Å². The molecule has 1 unspecified atom stereocenters. The van der Waals surface area contributed by atoms with E-state index in [9.17, 15) is 4.79 Å². The third-order valence-corrected chi connectivity index (χ3v) is 2.45. The first-order valence-corrected chi connectivity index (χ1v) is 5.69. The van der Waals surface area contributed by atoms with E-state index < -0.39 is 0 Å². The van der Waals surface area contributed by atoms with Gasteiger partial charge in [0.2, 0.25) is 5.91 Å². The van der Waals surface area contributed by atoms with Gasteiger partial charge in [-0.05, 0) is 18.9 Å². The molecule has 0 fully saturated rings. The van der Waals surface area contributed by atoms with Crippen molar-refractivity contribution < 1.29 is 14.4 Å². The Morgan fingerprint density at radius 1 is 1.35 bits per heavy atom. The molecule has 0 saturated heterocycles. The van der Waals surface area contributed by atoms with E-state index in [1.165, 1.54) is 0 Å². The Morgan fingerprint density at radius 3 is 2.71 bits per heavy atom. The molecular formula is C13H19NO3. The Morgan fingerprint density at radius 2 is 2.06 bits per heavy atom. The lowest BCUT2D eigenvalue weighted by atomic mass is 10.2. The van der Waals surface area contributed by atoms with Crippen LogP contribution in [-0.4, -0.2) is 19.1 Å². The number of rotatable bonds is 7. The van der Waals surface area contributed by atoms with Crippen LogP contribution in [0.15, 0.2) is 30.3 Å². The topological polar surface area (TPSA) is 47.6 Å². The summed E-state index contributed by atoms with van der Waals surface area (Å²) in [5, 5.41) is 0. The predicted octanol–water partition coefficient (Wildman–Crippen LogP) is 2.05. The van der Waals surface area contributed by atoms with Crippen LogP contribution >= 0.6 is 0 Å². The molecule has 94 valence electrons. The number of benzene rings is 1. The summed E-state index contributed by atoms with van der Waals surface area (Å²) in [7, 11) is 1.63. The Hall–Kier alpha value is -1.39. The van der Waals surface area contributed by atoms with Gasteiger partial charge in [-0.15, -0.1) is 0 Å². The molecule has 0 aliphatic rings. The Bertz CT molecular complexity index is 327. The number of carbonyl (C=O) groups excluding carboxylic acids is 1. The number of hydroxylamine groups is 1. The molecule has 1 atom stereocenters. The van der Waals surface area contributed by atoms with E-state index in [1.807, 2.05) is 37.3 Å². The smallest absolute Gasteiger partial charge is 0.243 e. The van der Waals surface area contributed by atoms with Gasteiger partial charge in [0.15, 0.2) is 0 Å². The summed E-state index contributed by atoms with van der Waals surface area (Å²) >= 11 is 0. The minimum absolute atomic E-state index is 0.0925. The summed E-state index contributed by atoms with van der Waals surface area (Å²) in [6, 6.07) is 9.69. The van der Waals surface area contributed by atoms with Crippen LogP contribution in [0, 0.1) is 0 Å². The fourth-order valence-corrected chi connectivity index (χ4v) is 1.28. The number of nitrogens with one attached hydrogen (secondary N) is 1. The van der Waals surface area contributed by atoms with E-state index in [2.05, 4.69) is 5.48 Å². The van der Waals surface area contributed by atoms with E-state index in [0.717, 1.165) is 5.56 Å². The standard InChI is InChI=1S/C13H19NO3/c1-11(16-2)8-9-13(15)14-17-10-12-6-4-3-5-7-12/h3-7,11H,8-10H2,1-2H3,(H,14,15). The van der Waals surface area contributed by atoms with Crippen LogP contribution in [0.1, 0.15) is 25.3 Å². The third kappa shape index (κ3) is 6.04. The number of hydrogen-bond acceptors (Lipinski definition) is 3. The maximum atomic E-state index is 11.4. The zero-order valence-corrected chi connectivity index (χ0v) is 10.3. The van der Waals surface area contributed by atoms with Gasteiger partial charge in [0.05, 0.1) is 12.7 Å². The fourth-order valence-electron chi connectivity index (χ4n) is 1.28. The summed E-state index contributed by atoms with van der Waals surface area (Å²) in [5.41, 5.74) is 3.44. The number of carbonyl (C=O) groups is 1. The van der Waals surface area contributed by atoms with Gasteiger partial charge in [-0.3, -0.25) is 9.63 Å². The highest BCUT2D eigenvalue weighted by atomic mass is 16.6. The zero-order chi connectivity index (χ0) is 12.5. The molecule has 0 bridgehead atoms. The van der Waals surface area contributed by atoms with E-state index in [4.69, 9.17) is 9.57 Å². The van der Waals surface area contributed by atoms with Crippen molar-refractivity contribution >= 4 is 5.91 Å². The quantitative estimate of drug-likeness (QED) is 0.738. The van der Waals surface area contributed by atoms with Crippen molar-refractivity contribution in [2.24, 2.45) is 0 Å². The van der Waals surface area contributed by atoms with Gasteiger partial charge in [-0.1, -0.05) is 30.3 Å².